The number of anilines is 1. The second-order valence-electron chi connectivity index (χ2n) is 7.50. The Kier molecular flexibility index (Phi) is 7.07. The zero-order valence-corrected chi connectivity index (χ0v) is 16.9. The van der Waals surface area contributed by atoms with E-state index in [2.05, 4.69) is 0 Å². The van der Waals surface area contributed by atoms with Crippen LogP contribution >= 0.6 is 0 Å². The highest BCUT2D eigenvalue weighted by atomic mass is 16.6. The third-order valence-electron chi connectivity index (χ3n) is 4.14. The van der Waals surface area contributed by atoms with Gasteiger partial charge < -0.3 is 19.1 Å². The molecule has 0 atom stereocenters. The molecule has 0 aliphatic carbocycles. The van der Waals surface area contributed by atoms with E-state index in [1.54, 1.807) is 16.9 Å². The second-order valence-corrected chi connectivity index (χ2v) is 7.50. The van der Waals surface area contributed by atoms with Gasteiger partial charge in [-0.3, -0.25) is 9.69 Å². The number of hydrogen-bond donors (Lipinski definition) is 0. The van der Waals surface area contributed by atoms with Gasteiger partial charge in [0.15, 0.2) is 0 Å². The van der Waals surface area contributed by atoms with Crippen LogP contribution in [0.1, 0.15) is 45.2 Å². The van der Waals surface area contributed by atoms with Gasteiger partial charge in [-0.25, -0.2) is 4.79 Å². The molecule has 150 valence electrons. The van der Waals surface area contributed by atoms with Crippen LogP contribution in [0.4, 0.5) is 10.5 Å². The first-order chi connectivity index (χ1) is 12.8. The van der Waals surface area contributed by atoms with Gasteiger partial charge in [0.2, 0.25) is 6.41 Å². The summed E-state index contributed by atoms with van der Waals surface area (Å²) in [6, 6.07) is 3.86. The van der Waals surface area contributed by atoms with E-state index in [4.69, 9.17) is 14.2 Å². The van der Waals surface area contributed by atoms with Crippen LogP contribution in [0.5, 0.6) is 5.75 Å². The first-order valence-corrected chi connectivity index (χ1v) is 9.26. The van der Waals surface area contributed by atoms with Gasteiger partial charge in [0, 0.05) is 33.4 Å². The van der Waals surface area contributed by atoms with E-state index in [1.165, 1.54) is 0 Å². The Hall–Kier alpha value is -2.28. The third-order valence-corrected chi connectivity index (χ3v) is 4.14. The quantitative estimate of drug-likeness (QED) is 0.513. The Labute approximate surface area is 161 Å². The number of hydrogen-bond acceptors (Lipinski definition) is 5. The minimum atomic E-state index is -0.539. The standard InChI is InChI=1S/C20H30N2O5/c1-6-26-18-11-16-13-22(19(24)27-20(2,3)4)12-15(16)10-17(18)21(14-23)8-7-9-25-5/h10-11,14H,6-9,12-13H2,1-5H3. The fourth-order valence-electron chi connectivity index (χ4n) is 2.98. The average molecular weight is 378 g/mol. The minimum Gasteiger partial charge on any atom is -0.492 e. The molecule has 1 aromatic carbocycles. The van der Waals surface area contributed by atoms with Gasteiger partial charge in [0.1, 0.15) is 11.4 Å². The van der Waals surface area contributed by atoms with Crippen LogP contribution < -0.4 is 9.64 Å². The topological polar surface area (TPSA) is 68.3 Å². The summed E-state index contributed by atoms with van der Waals surface area (Å²) >= 11 is 0. The highest BCUT2D eigenvalue weighted by Crippen LogP contribution is 2.36. The van der Waals surface area contributed by atoms with Gasteiger partial charge >= 0.3 is 6.09 Å². The smallest absolute Gasteiger partial charge is 0.410 e. The maximum absolute atomic E-state index is 12.4. The average Bonchev–Trinajstić information content (AvgIpc) is 3.00. The molecule has 0 spiro atoms. The van der Waals surface area contributed by atoms with Crippen LogP contribution in [-0.4, -0.2) is 49.9 Å². The van der Waals surface area contributed by atoms with Crippen molar-refractivity contribution in [3.63, 3.8) is 0 Å². The Morgan fingerprint density at radius 3 is 2.48 bits per heavy atom. The van der Waals surface area contributed by atoms with E-state index in [1.807, 2.05) is 39.8 Å². The third kappa shape index (κ3) is 5.60. The normalized spacial score (nSPS) is 13.3. The Morgan fingerprint density at radius 1 is 1.26 bits per heavy atom. The molecule has 0 aromatic heterocycles. The van der Waals surface area contributed by atoms with Gasteiger partial charge in [-0.1, -0.05) is 0 Å². The maximum Gasteiger partial charge on any atom is 0.410 e. The molecule has 0 unspecified atom stereocenters. The second kappa shape index (κ2) is 9.08. The van der Waals surface area contributed by atoms with Crippen molar-refractivity contribution < 1.29 is 23.8 Å². The lowest BCUT2D eigenvalue weighted by Gasteiger charge is -2.24. The van der Waals surface area contributed by atoms with Crippen molar-refractivity contribution in [3.05, 3.63) is 23.3 Å². The zero-order valence-electron chi connectivity index (χ0n) is 16.9. The van der Waals surface area contributed by atoms with E-state index < -0.39 is 5.60 Å². The molecule has 1 aromatic rings. The molecule has 0 N–H and O–H groups in total. The summed E-state index contributed by atoms with van der Waals surface area (Å²) in [5.41, 5.74) is 2.19. The van der Waals surface area contributed by atoms with Crippen LogP contribution in [0.3, 0.4) is 0 Å². The van der Waals surface area contributed by atoms with Crippen molar-refractivity contribution in [2.75, 3.05) is 31.8 Å². The predicted molar refractivity (Wildman–Crippen MR) is 103 cm³/mol. The van der Waals surface area contributed by atoms with Crippen molar-refractivity contribution >= 4 is 18.2 Å². The summed E-state index contributed by atoms with van der Waals surface area (Å²) in [5, 5.41) is 0. The molecular formula is C20H30N2O5. The molecule has 0 saturated carbocycles. The minimum absolute atomic E-state index is 0.342. The molecule has 7 heteroatoms. The fraction of sp³-hybridized carbons (Fsp3) is 0.600. The SMILES string of the molecule is CCOc1cc2c(cc1N(C=O)CCCOC)CN(C(=O)OC(C)(C)C)C2. The number of benzene rings is 1. The van der Waals surface area contributed by atoms with Crippen molar-refractivity contribution in [3.8, 4) is 5.75 Å². The van der Waals surface area contributed by atoms with E-state index >= 15 is 0 Å². The zero-order chi connectivity index (χ0) is 20.0. The van der Waals surface area contributed by atoms with Gasteiger partial charge in [-0.15, -0.1) is 0 Å². The Balaban J connectivity index is 2.23. The highest BCUT2D eigenvalue weighted by Gasteiger charge is 2.29. The molecule has 27 heavy (non-hydrogen) atoms. The van der Waals surface area contributed by atoms with Crippen LogP contribution in [0.2, 0.25) is 0 Å². The number of nitrogens with zero attached hydrogens (tertiary/aromatic N) is 2. The van der Waals surface area contributed by atoms with Crippen molar-refractivity contribution in [1.82, 2.24) is 4.90 Å². The van der Waals surface area contributed by atoms with Crippen molar-refractivity contribution in [2.45, 2.75) is 52.8 Å². The first kappa shape index (κ1) is 21.0. The number of rotatable bonds is 8. The number of methoxy groups -OCH3 is 1. The van der Waals surface area contributed by atoms with Gasteiger partial charge in [-0.2, -0.15) is 0 Å². The number of carbonyl (C=O) groups excluding carboxylic acids is 2. The number of amides is 2. The van der Waals surface area contributed by atoms with E-state index in [9.17, 15) is 9.59 Å². The van der Waals surface area contributed by atoms with Crippen LogP contribution in [0.15, 0.2) is 12.1 Å². The molecule has 1 aliphatic rings. The lowest BCUT2D eigenvalue weighted by atomic mass is 10.1. The lowest BCUT2D eigenvalue weighted by molar-refractivity contribution is -0.107. The summed E-state index contributed by atoms with van der Waals surface area (Å²) in [7, 11) is 1.64. The van der Waals surface area contributed by atoms with E-state index in [0.29, 0.717) is 44.3 Å². The van der Waals surface area contributed by atoms with E-state index in [0.717, 1.165) is 24.0 Å². The van der Waals surface area contributed by atoms with Crippen molar-refractivity contribution in [2.24, 2.45) is 0 Å². The molecular weight excluding hydrogens is 348 g/mol. The molecule has 1 heterocycles. The summed E-state index contributed by atoms with van der Waals surface area (Å²) in [6.07, 6.45) is 1.19. The molecule has 0 bridgehead atoms. The van der Waals surface area contributed by atoms with Crippen molar-refractivity contribution in [1.29, 1.82) is 0 Å². The Bertz CT molecular complexity index is 669. The number of fused-ring (bicyclic) bond motifs is 1. The fourth-order valence-corrected chi connectivity index (χ4v) is 2.98. The van der Waals surface area contributed by atoms with Gasteiger partial charge in [0.25, 0.3) is 0 Å². The molecule has 2 rings (SSSR count). The summed E-state index contributed by atoms with van der Waals surface area (Å²) in [4.78, 5) is 27.3. The predicted octanol–water partition coefficient (Wildman–Crippen LogP) is 3.34. The number of carbonyl (C=O) groups is 2. The molecule has 0 radical (unpaired) electrons. The van der Waals surface area contributed by atoms with E-state index in [-0.39, 0.29) is 6.09 Å². The monoisotopic (exact) mass is 378 g/mol. The first-order valence-electron chi connectivity index (χ1n) is 9.26. The summed E-state index contributed by atoms with van der Waals surface area (Å²) in [5.74, 6) is 0.645. The summed E-state index contributed by atoms with van der Waals surface area (Å²) < 4.78 is 16.3. The lowest BCUT2D eigenvalue weighted by Crippen LogP contribution is -2.33. The van der Waals surface area contributed by atoms with Gasteiger partial charge in [0.05, 0.1) is 12.3 Å². The molecule has 0 fully saturated rings. The number of ether oxygens (including phenoxy) is 3. The largest absolute Gasteiger partial charge is 0.492 e. The molecule has 7 nitrogen and oxygen atoms in total. The molecule has 1 aliphatic heterocycles. The molecule has 0 saturated heterocycles. The Morgan fingerprint density at radius 2 is 1.93 bits per heavy atom. The van der Waals surface area contributed by atoms with Crippen LogP contribution in [-0.2, 0) is 27.4 Å². The molecule has 2 amide bonds. The van der Waals surface area contributed by atoms with Crippen LogP contribution in [0, 0.1) is 0 Å². The summed E-state index contributed by atoms with van der Waals surface area (Å²) in [6.45, 7) is 9.97. The highest BCUT2D eigenvalue weighted by molar-refractivity contribution is 5.80. The maximum atomic E-state index is 12.4. The van der Waals surface area contributed by atoms with Gasteiger partial charge in [-0.05, 0) is 57.4 Å². The van der Waals surface area contributed by atoms with Crippen LogP contribution in [0.25, 0.3) is 0 Å².